The molecule has 8 nitrogen and oxygen atoms in total. The Morgan fingerprint density at radius 1 is 1.38 bits per heavy atom. The Bertz CT molecular complexity index is 644. The number of amides is 2. The third-order valence-electron chi connectivity index (χ3n) is 2.57. The van der Waals surface area contributed by atoms with E-state index in [0.717, 1.165) is 6.07 Å². The third-order valence-corrected chi connectivity index (χ3v) is 2.57. The predicted octanol–water partition coefficient (Wildman–Crippen LogP) is 0.937. The van der Waals surface area contributed by atoms with E-state index in [9.17, 15) is 14.0 Å². The summed E-state index contributed by atoms with van der Waals surface area (Å²) in [5, 5.41) is 21.0. The highest BCUT2D eigenvalue weighted by atomic mass is 19.1. The van der Waals surface area contributed by atoms with Crippen molar-refractivity contribution < 1.29 is 19.1 Å². The molecule has 3 N–H and O–H groups in total. The first-order chi connectivity index (χ1) is 10.1. The lowest BCUT2D eigenvalue weighted by molar-refractivity contribution is 0.0693. The number of halogens is 1. The van der Waals surface area contributed by atoms with Crippen LogP contribution < -0.4 is 10.6 Å². The number of aromatic nitrogens is 3. The average Bonchev–Trinajstić information content (AvgIpc) is 2.91. The van der Waals surface area contributed by atoms with Crippen molar-refractivity contribution >= 4 is 17.7 Å². The Hall–Kier alpha value is -2.97. The maximum absolute atomic E-state index is 13.4. The van der Waals surface area contributed by atoms with Crippen LogP contribution in [0.15, 0.2) is 30.6 Å². The molecule has 0 saturated carbocycles. The minimum absolute atomic E-state index is 0.110. The molecule has 0 aliphatic heterocycles. The van der Waals surface area contributed by atoms with E-state index in [4.69, 9.17) is 5.11 Å². The first-order valence-corrected chi connectivity index (χ1v) is 5.98. The van der Waals surface area contributed by atoms with Crippen molar-refractivity contribution in [2.75, 3.05) is 11.9 Å². The van der Waals surface area contributed by atoms with E-state index in [-0.39, 0.29) is 12.2 Å². The number of benzene rings is 1. The fourth-order valence-electron chi connectivity index (χ4n) is 1.65. The van der Waals surface area contributed by atoms with Gasteiger partial charge >= 0.3 is 12.0 Å². The molecule has 0 unspecified atom stereocenters. The molecule has 1 heterocycles. The zero-order valence-corrected chi connectivity index (χ0v) is 10.8. The number of anilines is 1. The summed E-state index contributed by atoms with van der Waals surface area (Å²) < 4.78 is 14.9. The Morgan fingerprint density at radius 2 is 2.19 bits per heavy atom. The van der Waals surface area contributed by atoms with E-state index in [1.54, 1.807) is 6.20 Å². The van der Waals surface area contributed by atoms with Gasteiger partial charge in [0, 0.05) is 12.7 Å². The number of rotatable bonds is 5. The molecule has 2 amide bonds. The Kier molecular flexibility index (Phi) is 4.44. The summed E-state index contributed by atoms with van der Waals surface area (Å²) in [6, 6.07) is 3.00. The van der Waals surface area contributed by atoms with E-state index in [2.05, 4.69) is 20.9 Å². The van der Waals surface area contributed by atoms with Crippen molar-refractivity contribution in [1.29, 1.82) is 0 Å². The van der Waals surface area contributed by atoms with Crippen molar-refractivity contribution in [3.05, 3.63) is 42.0 Å². The molecule has 110 valence electrons. The van der Waals surface area contributed by atoms with E-state index in [1.165, 1.54) is 23.0 Å². The SMILES string of the molecule is O=C(NCCn1ccnn1)Nc1cccc(F)c1C(=O)O. The van der Waals surface area contributed by atoms with Crippen molar-refractivity contribution in [3.8, 4) is 0 Å². The molecule has 9 heteroatoms. The molecule has 0 aliphatic carbocycles. The van der Waals surface area contributed by atoms with Crippen LogP contribution in [0.5, 0.6) is 0 Å². The third kappa shape index (κ3) is 3.75. The summed E-state index contributed by atoms with van der Waals surface area (Å²) in [7, 11) is 0. The summed E-state index contributed by atoms with van der Waals surface area (Å²) in [5.74, 6) is -2.37. The molecule has 1 aromatic carbocycles. The number of nitrogens with one attached hydrogen (secondary N) is 2. The van der Waals surface area contributed by atoms with Crippen LogP contribution in [0.4, 0.5) is 14.9 Å². The second-order valence-electron chi connectivity index (χ2n) is 4.01. The van der Waals surface area contributed by atoms with E-state index in [0.29, 0.717) is 6.54 Å². The number of carbonyl (C=O) groups excluding carboxylic acids is 1. The largest absolute Gasteiger partial charge is 0.478 e. The summed E-state index contributed by atoms with van der Waals surface area (Å²) in [6.07, 6.45) is 3.14. The van der Waals surface area contributed by atoms with Crippen LogP contribution >= 0.6 is 0 Å². The lowest BCUT2D eigenvalue weighted by Crippen LogP contribution is -2.32. The monoisotopic (exact) mass is 293 g/mol. The normalized spacial score (nSPS) is 10.1. The number of urea groups is 1. The van der Waals surface area contributed by atoms with Crippen molar-refractivity contribution in [1.82, 2.24) is 20.3 Å². The fourth-order valence-corrected chi connectivity index (χ4v) is 1.65. The molecule has 0 bridgehead atoms. The number of aromatic carboxylic acids is 1. The van der Waals surface area contributed by atoms with Crippen LogP contribution in [0.3, 0.4) is 0 Å². The van der Waals surface area contributed by atoms with E-state index < -0.39 is 23.4 Å². The standard InChI is InChI=1S/C12H12FN5O3/c13-8-2-1-3-9(10(8)11(19)20)16-12(21)14-4-6-18-7-5-15-17-18/h1-3,5,7H,4,6H2,(H,19,20)(H2,14,16,21). The number of carboxylic acids is 1. The minimum atomic E-state index is -1.45. The topological polar surface area (TPSA) is 109 Å². The van der Waals surface area contributed by atoms with Crippen LogP contribution in [0.25, 0.3) is 0 Å². The second-order valence-corrected chi connectivity index (χ2v) is 4.01. The van der Waals surface area contributed by atoms with Gasteiger partial charge in [0.1, 0.15) is 11.4 Å². The van der Waals surface area contributed by atoms with Crippen LogP contribution in [0.2, 0.25) is 0 Å². The minimum Gasteiger partial charge on any atom is -0.478 e. The molecular weight excluding hydrogens is 281 g/mol. The van der Waals surface area contributed by atoms with E-state index >= 15 is 0 Å². The Labute approximate surface area is 118 Å². The van der Waals surface area contributed by atoms with Gasteiger partial charge in [-0.05, 0) is 12.1 Å². The summed E-state index contributed by atoms with van der Waals surface area (Å²) in [5.41, 5.74) is -0.690. The zero-order valence-electron chi connectivity index (χ0n) is 10.8. The number of nitrogens with zero attached hydrogens (tertiary/aromatic N) is 3. The summed E-state index contributed by atoms with van der Waals surface area (Å²) >= 11 is 0. The van der Waals surface area contributed by atoms with Gasteiger partial charge in [0.25, 0.3) is 0 Å². The van der Waals surface area contributed by atoms with Gasteiger partial charge in [-0.1, -0.05) is 11.3 Å². The van der Waals surface area contributed by atoms with Gasteiger partial charge in [0.2, 0.25) is 0 Å². The maximum atomic E-state index is 13.4. The lowest BCUT2D eigenvalue weighted by Gasteiger charge is -2.10. The molecule has 21 heavy (non-hydrogen) atoms. The highest BCUT2D eigenvalue weighted by Crippen LogP contribution is 2.18. The predicted molar refractivity (Wildman–Crippen MR) is 70.4 cm³/mol. The van der Waals surface area contributed by atoms with Crippen molar-refractivity contribution in [2.45, 2.75) is 6.54 Å². The van der Waals surface area contributed by atoms with Crippen LogP contribution in [-0.4, -0.2) is 38.6 Å². The van der Waals surface area contributed by atoms with Gasteiger partial charge in [-0.25, -0.2) is 14.0 Å². The first-order valence-electron chi connectivity index (χ1n) is 5.98. The molecular formula is C12H12FN5O3. The van der Waals surface area contributed by atoms with Crippen molar-refractivity contribution in [2.24, 2.45) is 0 Å². The number of carboxylic acid groups (broad SMARTS) is 1. The highest BCUT2D eigenvalue weighted by molar-refractivity contribution is 6.00. The number of hydrogen-bond donors (Lipinski definition) is 3. The van der Waals surface area contributed by atoms with E-state index in [1.807, 2.05) is 0 Å². The summed E-state index contributed by atoms with van der Waals surface area (Å²) in [4.78, 5) is 22.6. The molecule has 1 aromatic heterocycles. The molecule has 0 atom stereocenters. The Balaban J connectivity index is 1.93. The number of carbonyl (C=O) groups is 2. The van der Waals surface area contributed by atoms with Gasteiger partial charge < -0.3 is 15.7 Å². The first kappa shape index (κ1) is 14.4. The Morgan fingerprint density at radius 3 is 2.86 bits per heavy atom. The molecule has 0 saturated heterocycles. The quantitative estimate of drug-likeness (QED) is 0.760. The number of hydrogen-bond acceptors (Lipinski definition) is 4. The second kappa shape index (κ2) is 6.46. The van der Waals surface area contributed by atoms with Gasteiger partial charge in [0.15, 0.2) is 0 Å². The molecule has 2 rings (SSSR count). The van der Waals surface area contributed by atoms with Crippen molar-refractivity contribution in [3.63, 3.8) is 0 Å². The van der Waals surface area contributed by atoms with Crippen LogP contribution in [0, 0.1) is 5.82 Å². The average molecular weight is 293 g/mol. The van der Waals surface area contributed by atoms with Gasteiger partial charge in [-0.2, -0.15) is 0 Å². The van der Waals surface area contributed by atoms with Crippen LogP contribution in [0.1, 0.15) is 10.4 Å². The van der Waals surface area contributed by atoms with Gasteiger partial charge in [0.05, 0.1) is 18.4 Å². The molecule has 0 fully saturated rings. The van der Waals surface area contributed by atoms with Gasteiger partial charge in [-0.15, -0.1) is 5.10 Å². The molecule has 0 aliphatic rings. The lowest BCUT2D eigenvalue weighted by atomic mass is 10.1. The molecule has 0 spiro atoms. The highest BCUT2D eigenvalue weighted by Gasteiger charge is 2.16. The smallest absolute Gasteiger partial charge is 0.340 e. The zero-order chi connectivity index (χ0) is 15.2. The molecule has 2 aromatic rings. The maximum Gasteiger partial charge on any atom is 0.340 e. The summed E-state index contributed by atoms with van der Waals surface area (Å²) in [6.45, 7) is 0.662. The van der Waals surface area contributed by atoms with Crippen LogP contribution in [-0.2, 0) is 6.54 Å². The molecule has 0 radical (unpaired) electrons. The fraction of sp³-hybridized carbons (Fsp3) is 0.167. The van der Waals surface area contributed by atoms with Gasteiger partial charge in [-0.3, -0.25) is 4.68 Å².